The number of allylic oxidation sites excluding steroid dienone is 1. The second kappa shape index (κ2) is 9.43. The Hall–Kier alpha value is -2.34. The summed E-state index contributed by atoms with van der Waals surface area (Å²) in [4.78, 5) is 18.6. The molecule has 0 saturated heterocycles. The Bertz CT molecular complexity index is 1100. The molecule has 8 nitrogen and oxygen atoms in total. The fourth-order valence-electron chi connectivity index (χ4n) is 3.03. The van der Waals surface area contributed by atoms with Crippen molar-refractivity contribution in [2.75, 3.05) is 10.8 Å². The lowest BCUT2D eigenvalue weighted by molar-refractivity contribution is 0.0358. The van der Waals surface area contributed by atoms with E-state index in [1.54, 1.807) is 6.20 Å². The quantitative estimate of drug-likeness (QED) is 0.467. The maximum atomic E-state index is 14.6. The maximum Gasteiger partial charge on any atom is 0.252 e. The number of rotatable bonds is 5. The van der Waals surface area contributed by atoms with Gasteiger partial charge in [0.15, 0.2) is 5.82 Å². The third-order valence-corrected chi connectivity index (χ3v) is 5.23. The molecule has 1 aliphatic rings. The Morgan fingerprint density at radius 1 is 1.19 bits per heavy atom. The molecule has 166 valence electrons. The standard InChI is InChI=1S/C20H23FN6O2S.H2S/c1-20(2,3)29-27-19-25-17(13-5-4-6-14(28)16(13)21)24-18(26-19)23-12-7-8-15-11(9-12)10-22-30-15;/h7-10,14,28H,4-6H2,1-3H3,(H2,23,24,25,26,27);1H2/t14-;/m0./s1. The van der Waals surface area contributed by atoms with Crippen molar-refractivity contribution < 1.29 is 14.3 Å². The van der Waals surface area contributed by atoms with E-state index in [0.717, 1.165) is 15.8 Å². The van der Waals surface area contributed by atoms with E-state index in [1.165, 1.54) is 11.5 Å². The van der Waals surface area contributed by atoms with E-state index >= 15 is 0 Å². The van der Waals surface area contributed by atoms with Crippen molar-refractivity contribution in [3.8, 4) is 0 Å². The number of aliphatic hydroxyl groups excluding tert-OH is 1. The zero-order valence-corrected chi connectivity index (χ0v) is 19.3. The molecule has 3 N–H and O–H groups in total. The van der Waals surface area contributed by atoms with E-state index in [2.05, 4.69) is 30.1 Å². The van der Waals surface area contributed by atoms with Gasteiger partial charge >= 0.3 is 0 Å². The third kappa shape index (κ3) is 5.67. The fourth-order valence-corrected chi connectivity index (χ4v) is 3.65. The maximum absolute atomic E-state index is 14.6. The topological polar surface area (TPSA) is 105 Å². The Morgan fingerprint density at radius 3 is 2.74 bits per heavy atom. The van der Waals surface area contributed by atoms with Crippen LogP contribution in [0.4, 0.5) is 22.0 Å². The molecule has 0 fully saturated rings. The molecule has 0 radical (unpaired) electrons. The molecule has 1 aliphatic carbocycles. The van der Waals surface area contributed by atoms with Gasteiger partial charge in [0.2, 0.25) is 5.95 Å². The predicted molar refractivity (Wildman–Crippen MR) is 125 cm³/mol. The first-order chi connectivity index (χ1) is 14.3. The second-order valence-electron chi connectivity index (χ2n) is 8.06. The lowest BCUT2D eigenvalue weighted by Gasteiger charge is -2.21. The first kappa shape index (κ1) is 23.3. The highest BCUT2D eigenvalue weighted by Crippen LogP contribution is 2.33. The largest absolute Gasteiger partial charge is 0.386 e. The van der Waals surface area contributed by atoms with Crippen molar-refractivity contribution in [2.24, 2.45) is 0 Å². The van der Waals surface area contributed by atoms with Gasteiger partial charge < -0.3 is 10.4 Å². The van der Waals surface area contributed by atoms with Crippen LogP contribution in [0.25, 0.3) is 15.7 Å². The first-order valence-corrected chi connectivity index (χ1v) is 10.4. The monoisotopic (exact) mass is 464 g/mol. The van der Waals surface area contributed by atoms with Crippen LogP contribution in [-0.4, -0.2) is 36.1 Å². The number of halogens is 1. The number of anilines is 3. The second-order valence-corrected chi connectivity index (χ2v) is 8.89. The van der Waals surface area contributed by atoms with Gasteiger partial charge in [-0.05, 0) is 69.8 Å². The van der Waals surface area contributed by atoms with Crippen molar-refractivity contribution >= 4 is 58.3 Å². The van der Waals surface area contributed by atoms with Gasteiger partial charge in [-0.25, -0.2) is 9.87 Å². The average Bonchev–Trinajstić information content (AvgIpc) is 3.16. The van der Waals surface area contributed by atoms with Crippen LogP contribution in [0.15, 0.2) is 30.2 Å². The van der Waals surface area contributed by atoms with Crippen molar-refractivity contribution in [3.05, 3.63) is 36.0 Å². The molecular formula is C20H25FN6O2S2. The van der Waals surface area contributed by atoms with Crippen LogP contribution in [0.1, 0.15) is 45.9 Å². The number of fused-ring (bicyclic) bond motifs is 1. The summed E-state index contributed by atoms with van der Waals surface area (Å²) in [5.41, 5.74) is 3.29. The van der Waals surface area contributed by atoms with E-state index in [-0.39, 0.29) is 36.8 Å². The van der Waals surface area contributed by atoms with Gasteiger partial charge in [-0.15, -0.1) is 0 Å². The molecule has 11 heteroatoms. The van der Waals surface area contributed by atoms with Gasteiger partial charge in [-0.2, -0.15) is 32.8 Å². The first-order valence-electron chi connectivity index (χ1n) is 9.67. The molecule has 1 atom stereocenters. The molecule has 0 spiro atoms. The highest BCUT2D eigenvalue weighted by Gasteiger charge is 2.25. The number of aliphatic hydroxyl groups is 1. The summed E-state index contributed by atoms with van der Waals surface area (Å²) in [5, 5.41) is 14.0. The number of aromatic nitrogens is 4. The summed E-state index contributed by atoms with van der Waals surface area (Å²) in [5.74, 6) is -0.0344. The van der Waals surface area contributed by atoms with Gasteiger partial charge in [-0.3, -0.25) is 4.84 Å². The molecular weight excluding hydrogens is 439 g/mol. The van der Waals surface area contributed by atoms with Crippen LogP contribution in [0.5, 0.6) is 0 Å². The number of benzene rings is 1. The number of nitrogens with one attached hydrogen (secondary N) is 2. The summed E-state index contributed by atoms with van der Waals surface area (Å²) < 4.78 is 19.8. The molecule has 4 rings (SSSR count). The fraction of sp³-hybridized carbons (Fsp3) is 0.400. The molecule has 2 heterocycles. The van der Waals surface area contributed by atoms with E-state index in [9.17, 15) is 9.50 Å². The van der Waals surface area contributed by atoms with Crippen LogP contribution < -0.4 is 10.8 Å². The molecule has 0 unspecified atom stereocenters. The molecule has 3 aromatic rings. The summed E-state index contributed by atoms with van der Waals surface area (Å²) in [6, 6.07) is 5.79. The minimum atomic E-state index is -1.13. The van der Waals surface area contributed by atoms with Crippen LogP contribution in [0.3, 0.4) is 0 Å². The van der Waals surface area contributed by atoms with Crippen molar-refractivity contribution in [3.63, 3.8) is 0 Å². The Balaban J connectivity index is 0.00000272. The zero-order valence-electron chi connectivity index (χ0n) is 17.4. The van der Waals surface area contributed by atoms with E-state index in [1.807, 2.05) is 39.0 Å². The summed E-state index contributed by atoms with van der Waals surface area (Å²) in [6.45, 7) is 5.64. The summed E-state index contributed by atoms with van der Waals surface area (Å²) in [6.07, 6.45) is 2.15. The molecule has 0 amide bonds. The van der Waals surface area contributed by atoms with Gasteiger partial charge in [0.05, 0.1) is 10.3 Å². The van der Waals surface area contributed by atoms with Gasteiger partial charge in [-0.1, -0.05) is 0 Å². The molecule has 1 aromatic carbocycles. The molecule has 0 saturated carbocycles. The van der Waals surface area contributed by atoms with Gasteiger partial charge in [0.1, 0.15) is 11.9 Å². The van der Waals surface area contributed by atoms with Crippen molar-refractivity contribution in [1.29, 1.82) is 0 Å². The number of hydrogen-bond donors (Lipinski definition) is 3. The zero-order chi connectivity index (χ0) is 21.3. The molecule has 0 bridgehead atoms. The predicted octanol–water partition coefficient (Wildman–Crippen LogP) is 4.71. The summed E-state index contributed by atoms with van der Waals surface area (Å²) >= 11 is 1.42. The number of nitrogens with zero attached hydrogens (tertiary/aromatic N) is 4. The summed E-state index contributed by atoms with van der Waals surface area (Å²) in [7, 11) is 0. The lowest BCUT2D eigenvalue weighted by atomic mass is 9.96. The van der Waals surface area contributed by atoms with Crippen LogP contribution in [0.2, 0.25) is 0 Å². The SMILES string of the molecule is CC(C)(C)ONc1nc(Nc2ccc3sncc3c2)nc(C2=C(F)[C@@H](O)CCC2)n1.S. The smallest absolute Gasteiger partial charge is 0.252 e. The van der Waals surface area contributed by atoms with Gasteiger partial charge in [0, 0.05) is 22.8 Å². The normalized spacial score (nSPS) is 16.9. The highest BCUT2D eigenvalue weighted by atomic mass is 32.1. The molecule has 0 aliphatic heterocycles. The minimum Gasteiger partial charge on any atom is -0.386 e. The van der Waals surface area contributed by atoms with E-state index < -0.39 is 17.5 Å². The Kier molecular flexibility index (Phi) is 7.10. The van der Waals surface area contributed by atoms with Gasteiger partial charge in [0.25, 0.3) is 5.95 Å². The Morgan fingerprint density at radius 2 is 1.97 bits per heavy atom. The third-order valence-electron chi connectivity index (χ3n) is 4.45. The Labute approximate surface area is 190 Å². The number of hydrogen-bond acceptors (Lipinski definition) is 9. The van der Waals surface area contributed by atoms with Crippen molar-refractivity contribution in [1.82, 2.24) is 19.3 Å². The van der Waals surface area contributed by atoms with Crippen LogP contribution >= 0.6 is 25.0 Å². The minimum absolute atomic E-state index is 0. The van der Waals surface area contributed by atoms with E-state index in [4.69, 9.17) is 4.84 Å². The van der Waals surface area contributed by atoms with Crippen LogP contribution in [-0.2, 0) is 4.84 Å². The van der Waals surface area contributed by atoms with Crippen LogP contribution in [0, 0.1) is 0 Å². The van der Waals surface area contributed by atoms with Crippen molar-refractivity contribution in [2.45, 2.75) is 51.7 Å². The lowest BCUT2D eigenvalue weighted by Crippen LogP contribution is -2.24. The molecule has 31 heavy (non-hydrogen) atoms. The highest BCUT2D eigenvalue weighted by molar-refractivity contribution is 7.59. The van der Waals surface area contributed by atoms with E-state index in [0.29, 0.717) is 19.3 Å². The average molecular weight is 465 g/mol. The molecule has 2 aromatic heterocycles.